The number of nitrogen functional groups attached to an aromatic ring is 1. The maximum atomic E-state index is 13.1. The largest absolute Gasteiger partial charge is 0.494 e. The van der Waals surface area contributed by atoms with Gasteiger partial charge in [-0.1, -0.05) is 18.2 Å². The summed E-state index contributed by atoms with van der Waals surface area (Å²) in [4.78, 5) is 0.791. The van der Waals surface area contributed by atoms with Gasteiger partial charge in [0.05, 0.1) is 6.61 Å². The summed E-state index contributed by atoms with van der Waals surface area (Å²) in [6, 6.07) is 14.1. The van der Waals surface area contributed by atoms with Crippen LogP contribution in [0.5, 0.6) is 5.75 Å². The van der Waals surface area contributed by atoms with E-state index in [9.17, 15) is 4.39 Å². The molecule has 0 aliphatic carbocycles. The molecule has 0 saturated heterocycles. The highest BCUT2D eigenvalue weighted by Crippen LogP contribution is 2.26. The quantitative estimate of drug-likeness (QED) is 0.493. The molecule has 2 nitrogen and oxygen atoms in total. The van der Waals surface area contributed by atoms with Crippen LogP contribution in [0.15, 0.2) is 53.4 Å². The molecule has 0 saturated carbocycles. The highest BCUT2D eigenvalue weighted by Gasteiger charge is 2.02. The van der Waals surface area contributed by atoms with E-state index in [0.29, 0.717) is 12.3 Å². The molecule has 0 radical (unpaired) electrons. The highest BCUT2D eigenvalue weighted by atomic mass is 32.2. The van der Waals surface area contributed by atoms with Crippen LogP contribution in [0.1, 0.15) is 6.42 Å². The molecule has 0 atom stereocenters. The van der Waals surface area contributed by atoms with Crippen LogP contribution in [0.4, 0.5) is 10.1 Å². The molecule has 0 spiro atoms. The van der Waals surface area contributed by atoms with Crippen LogP contribution in [0.3, 0.4) is 0 Å². The van der Waals surface area contributed by atoms with Gasteiger partial charge in [-0.05, 0) is 36.8 Å². The lowest BCUT2D eigenvalue weighted by molar-refractivity contribution is 0.319. The number of para-hydroxylation sites is 1. The zero-order valence-corrected chi connectivity index (χ0v) is 11.3. The van der Waals surface area contributed by atoms with Crippen molar-refractivity contribution >= 4 is 17.4 Å². The summed E-state index contributed by atoms with van der Waals surface area (Å²) in [6.07, 6.45) is 0.884. The monoisotopic (exact) mass is 277 g/mol. The molecule has 4 heteroatoms. The van der Waals surface area contributed by atoms with E-state index >= 15 is 0 Å². The minimum Gasteiger partial charge on any atom is -0.494 e. The summed E-state index contributed by atoms with van der Waals surface area (Å²) < 4.78 is 18.6. The molecule has 19 heavy (non-hydrogen) atoms. The van der Waals surface area contributed by atoms with Crippen LogP contribution in [0.25, 0.3) is 0 Å². The Morgan fingerprint density at radius 3 is 2.68 bits per heavy atom. The number of ether oxygens (including phenoxy) is 1. The summed E-state index contributed by atoms with van der Waals surface area (Å²) in [6.45, 7) is 0.645. The van der Waals surface area contributed by atoms with Gasteiger partial charge in [-0.15, -0.1) is 11.8 Å². The topological polar surface area (TPSA) is 35.2 Å². The third-order valence-corrected chi connectivity index (χ3v) is 3.69. The molecule has 0 aliphatic rings. The van der Waals surface area contributed by atoms with Crippen molar-refractivity contribution in [1.82, 2.24) is 0 Å². The van der Waals surface area contributed by atoms with Gasteiger partial charge >= 0.3 is 0 Å². The Hall–Kier alpha value is -1.68. The molecule has 0 aliphatic heterocycles. The number of thioether (sulfide) groups is 1. The number of hydrogen-bond donors (Lipinski definition) is 1. The average Bonchev–Trinajstić information content (AvgIpc) is 2.43. The second-order valence-corrected chi connectivity index (χ2v) is 5.18. The Kier molecular flexibility index (Phi) is 5.10. The van der Waals surface area contributed by atoms with Gasteiger partial charge in [0.2, 0.25) is 0 Å². The van der Waals surface area contributed by atoms with Crippen molar-refractivity contribution in [2.75, 3.05) is 18.1 Å². The second-order valence-electron chi connectivity index (χ2n) is 4.05. The predicted molar refractivity (Wildman–Crippen MR) is 78.1 cm³/mol. The van der Waals surface area contributed by atoms with Crippen LogP contribution < -0.4 is 10.5 Å². The summed E-state index contributed by atoms with van der Waals surface area (Å²) in [7, 11) is 0. The first kappa shape index (κ1) is 13.7. The van der Waals surface area contributed by atoms with Crippen LogP contribution in [0.2, 0.25) is 0 Å². The summed E-state index contributed by atoms with van der Waals surface area (Å²) in [5.74, 6) is 1.47. The SMILES string of the molecule is Nc1ccc(F)cc1SCCCOc1ccccc1. The first-order valence-electron chi connectivity index (χ1n) is 6.11. The van der Waals surface area contributed by atoms with E-state index < -0.39 is 0 Å². The van der Waals surface area contributed by atoms with Crippen molar-refractivity contribution in [2.24, 2.45) is 0 Å². The maximum Gasteiger partial charge on any atom is 0.124 e. The Labute approximate surface area is 116 Å². The third-order valence-electron chi connectivity index (χ3n) is 2.53. The maximum absolute atomic E-state index is 13.1. The van der Waals surface area contributed by atoms with Crippen LogP contribution in [-0.2, 0) is 0 Å². The van der Waals surface area contributed by atoms with Crippen molar-refractivity contribution in [3.05, 3.63) is 54.3 Å². The van der Waals surface area contributed by atoms with Gasteiger partial charge in [0.1, 0.15) is 11.6 Å². The lowest BCUT2D eigenvalue weighted by Gasteiger charge is -2.07. The summed E-state index contributed by atoms with van der Waals surface area (Å²) in [5, 5.41) is 0. The molecule has 0 heterocycles. The molecule has 0 bridgehead atoms. The zero-order valence-electron chi connectivity index (χ0n) is 10.5. The Bertz CT molecular complexity index is 519. The van der Waals surface area contributed by atoms with Crippen LogP contribution in [-0.4, -0.2) is 12.4 Å². The number of nitrogens with two attached hydrogens (primary N) is 1. The fourth-order valence-electron chi connectivity index (χ4n) is 1.58. The number of hydrogen-bond acceptors (Lipinski definition) is 3. The van der Waals surface area contributed by atoms with Gasteiger partial charge in [0.25, 0.3) is 0 Å². The van der Waals surface area contributed by atoms with E-state index in [2.05, 4.69) is 0 Å². The van der Waals surface area contributed by atoms with E-state index in [0.717, 1.165) is 22.8 Å². The number of halogens is 1. The predicted octanol–water partition coefficient (Wildman–Crippen LogP) is 3.97. The van der Waals surface area contributed by atoms with Crippen molar-refractivity contribution in [1.29, 1.82) is 0 Å². The van der Waals surface area contributed by atoms with Gasteiger partial charge in [-0.2, -0.15) is 0 Å². The molecular weight excluding hydrogens is 261 g/mol. The summed E-state index contributed by atoms with van der Waals surface area (Å²) >= 11 is 1.55. The van der Waals surface area contributed by atoms with Gasteiger partial charge in [-0.3, -0.25) is 0 Å². The van der Waals surface area contributed by atoms with E-state index in [1.54, 1.807) is 17.8 Å². The first-order chi connectivity index (χ1) is 9.25. The standard InChI is InChI=1S/C15H16FNOS/c16-12-7-8-14(17)15(11-12)19-10-4-9-18-13-5-2-1-3-6-13/h1-3,5-8,11H,4,9-10,17H2. The van der Waals surface area contributed by atoms with E-state index in [1.807, 2.05) is 30.3 Å². The minimum atomic E-state index is -0.253. The van der Waals surface area contributed by atoms with Crippen LogP contribution >= 0.6 is 11.8 Å². The molecule has 0 unspecified atom stereocenters. The first-order valence-corrected chi connectivity index (χ1v) is 7.10. The fraction of sp³-hybridized carbons (Fsp3) is 0.200. The molecule has 2 rings (SSSR count). The Morgan fingerprint density at radius 1 is 1.11 bits per heavy atom. The van der Waals surface area contributed by atoms with Crippen molar-refractivity contribution in [2.45, 2.75) is 11.3 Å². The molecule has 2 aromatic rings. The number of rotatable bonds is 6. The Balaban J connectivity index is 1.71. The zero-order chi connectivity index (χ0) is 13.5. The molecule has 0 amide bonds. The molecule has 2 aromatic carbocycles. The van der Waals surface area contributed by atoms with Crippen molar-refractivity contribution in [3.63, 3.8) is 0 Å². The molecule has 0 aromatic heterocycles. The van der Waals surface area contributed by atoms with Gasteiger partial charge in [0.15, 0.2) is 0 Å². The normalized spacial score (nSPS) is 10.4. The molecule has 0 fully saturated rings. The molecular formula is C15H16FNOS. The molecule has 100 valence electrons. The fourth-order valence-corrected chi connectivity index (χ4v) is 2.49. The third kappa shape index (κ3) is 4.48. The number of anilines is 1. The van der Waals surface area contributed by atoms with E-state index in [-0.39, 0.29) is 5.82 Å². The van der Waals surface area contributed by atoms with Crippen LogP contribution in [0, 0.1) is 5.82 Å². The minimum absolute atomic E-state index is 0.253. The van der Waals surface area contributed by atoms with E-state index in [1.165, 1.54) is 12.1 Å². The molecule has 2 N–H and O–H groups in total. The van der Waals surface area contributed by atoms with Crippen molar-refractivity contribution in [3.8, 4) is 5.75 Å². The highest BCUT2D eigenvalue weighted by molar-refractivity contribution is 7.99. The smallest absolute Gasteiger partial charge is 0.124 e. The second kappa shape index (κ2) is 7.04. The van der Waals surface area contributed by atoms with Gasteiger partial charge in [0, 0.05) is 16.3 Å². The van der Waals surface area contributed by atoms with Gasteiger partial charge < -0.3 is 10.5 Å². The lowest BCUT2D eigenvalue weighted by atomic mass is 10.3. The summed E-state index contributed by atoms with van der Waals surface area (Å²) in [5.41, 5.74) is 6.40. The van der Waals surface area contributed by atoms with Crippen molar-refractivity contribution < 1.29 is 9.13 Å². The number of benzene rings is 2. The van der Waals surface area contributed by atoms with E-state index in [4.69, 9.17) is 10.5 Å². The Morgan fingerprint density at radius 2 is 1.89 bits per heavy atom. The van der Waals surface area contributed by atoms with Gasteiger partial charge in [-0.25, -0.2) is 4.39 Å². The lowest BCUT2D eigenvalue weighted by Crippen LogP contribution is -1.99. The average molecular weight is 277 g/mol.